The Morgan fingerprint density at radius 3 is 2.68 bits per heavy atom. The van der Waals surface area contributed by atoms with Crippen LogP contribution in [0.2, 0.25) is 0 Å². The number of aromatic nitrogens is 1. The molecule has 0 bridgehead atoms. The van der Waals surface area contributed by atoms with E-state index in [2.05, 4.69) is 15.9 Å². The van der Waals surface area contributed by atoms with E-state index in [9.17, 15) is 13.6 Å². The Bertz CT molecular complexity index is 673. The molecule has 0 unspecified atom stereocenters. The summed E-state index contributed by atoms with van der Waals surface area (Å²) in [6, 6.07) is 5.56. The fourth-order valence-electron chi connectivity index (χ4n) is 2.35. The summed E-state index contributed by atoms with van der Waals surface area (Å²) in [5.74, 6) is -3.07. The van der Waals surface area contributed by atoms with Crippen LogP contribution in [0.1, 0.15) is 10.4 Å². The molecule has 3 nitrogen and oxygen atoms in total. The van der Waals surface area contributed by atoms with Gasteiger partial charge in [0.1, 0.15) is 0 Å². The minimum Gasteiger partial charge on any atom is -0.350 e. The zero-order valence-electron chi connectivity index (χ0n) is 10.2. The molecular formula is C13H11BrF2N2O. The first-order valence-corrected chi connectivity index (χ1v) is 6.58. The van der Waals surface area contributed by atoms with Gasteiger partial charge in [-0.15, -0.1) is 0 Å². The van der Waals surface area contributed by atoms with Crippen LogP contribution < -0.4 is 0 Å². The van der Waals surface area contributed by atoms with Crippen molar-refractivity contribution in [3.05, 3.63) is 34.4 Å². The standard InChI is InChI=1S/C13H11BrF2N2O/c1-17-5-10(9-3-2-8(14)4-11(9)17)12(19)18-6-13(15,16)7-18/h2-5H,6-7H2,1H3. The molecule has 0 spiro atoms. The number of carbonyl (C=O) groups is 1. The molecule has 6 heteroatoms. The van der Waals surface area contributed by atoms with Crippen LogP contribution in [-0.2, 0) is 7.05 Å². The van der Waals surface area contributed by atoms with Crippen molar-refractivity contribution in [2.45, 2.75) is 5.92 Å². The highest BCUT2D eigenvalue weighted by Crippen LogP contribution is 2.31. The molecule has 19 heavy (non-hydrogen) atoms. The number of alkyl halides is 2. The van der Waals surface area contributed by atoms with Crippen molar-refractivity contribution in [3.8, 4) is 0 Å². The summed E-state index contributed by atoms with van der Waals surface area (Å²) in [6.07, 6.45) is 1.69. The van der Waals surface area contributed by atoms with Crippen molar-refractivity contribution in [2.24, 2.45) is 7.05 Å². The molecule has 100 valence electrons. The molecule has 1 aliphatic rings. The molecule has 0 atom stereocenters. The van der Waals surface area contributed by atoms with Gasteiger partial charge >= 0.3 is 0 Å². The molecule has 2 heterocycles. The third kappa shape index (κ3) is 2.04. The summed E-state index contributed by atoms with van der Waals surface area (Å²) < 4.78 is 28.4. The van der Waals surface area contributed by atoms with Gasteiger partial charge in [-0.05, 0) is 12.1 Å². The lowest BCUT2D eigenvalue weighted by molar-refractivity contribution is -0.113. The first kappa shape index (κ1) is 12.6. The zero-order valence-corrected chi connectivity index (χ0v) is 11.7. The summed E-state index contributed by atoms with van der Waals surface area (Å²) in [5, 5.41) is 0.783. The van der Waals surface area contributed by atoms with Gasteiger partial charge in [0.2, 0.25) is 0 Å². The van der Waals surface area contributed by atoms with E-state index in [4.69, 9.17) is 0 Å². The number of aryl methyl sites for hydroxylation is 1. The van der Waals surface area contributed by atoms with Crippen molar-refractivity contribution in [1.82, 2.24) is 9.47 Å². The molecule has 3 rings (SSSR count). The van der Waals surface area contributed by atoms with Crippen LogP contribution in [-0.4, -0.2) is 34.4 Å². The second-order valence-electron chi connectivity index (χ2n) is 4.83. The lowest BCUT2D eigenvalue weighted by Crippen LogP contribution is -2.58. The van der Waals surface area contributed by atoms with E-state index < -0.39 is 19.0 Å². The highest BCUT2D eigenvalue weighted by Gasteiger charge is 2.46. The van der Waals surface area contributed by atoms with Crippen molar-refractivity contribution >= 4 is 32.7 Å². The molecule has 1 aromatic heterocycles. The Hall–Kier alpha value is -1.43. The van der Waals surface area contributed by atoms with Crippen LogP contribution in [0.3, 0.4) is 0 Å². The average Bonchev–Trinajstić information content (AvgIpc) is 2.62. The zero-order chi connectivity index (χ0) is 13.8. The van der Waals surface area contributed by atoms with Gasteiger partial charge in [0, 0.05) is 28.6 Å². The predicted molar refractivity (Wildman–Crippen MR) is 71.5 cm³/mol. The van der Waals surface area contributed by atoms with Gasteiger partial charge < -0.3 is 9.47 Å². The highest BCUT2D eigenvalue weighted by atomic mass is 79.9. The van der Waals surface area contributed by atoms with Crippen molar-refractivity contribution in [2.75, 3.05) is 13.1 Å². The molecule has 1 amide bonds. The number of fused-ring (bicyclic) bond motifs is 1. The lowest BCUT2D eigenvalue weighted by Gasteiger charge is -2.38. The number of benzene rings is 1. The number of amides is 1. The molecule has 0 aliphatic carbocycles. The van der Waals surface area contributed by atoms with E-state index in [1.165, 1.54) is 4.90 Å². The van der Waals surface area contributed by atoms with E-state index in [0.717, 1.165) is 15.4 Å². The first-order chi connectivity index (χ1) is 8.87. The number of hydrogen-bond acceptors (Lipinski definition) is 1. The van der Waals surface area contributed by atoms with Gasteiger partial charge in [-0.2, -0.15) is 0 Å². The average molecular weight is 329 g/mol. The predicted octanol–water partition coefficient (Wildman–Crippen LogP) is 3.03. The Balaban J connectivity index is 2.00. The molecule has 1 aromatic carbocycles. The Kier molecular flexibility index (Phi) is 2.67. The lowest BCUT2D eigenvalue weighted by atomic mass is 10.1. The van der Waals surface area contributed by atoms with Gasteiger partial charge in [0.15, 0.2) is 0 Å². The largest absolute Gasteiger partial charge is 0.350 e. The Morgan fingerprint density at radius 2 is 2.05 bits per heavy atom. The summed E-state index contributed by atoms with van der Waals surface area (Å²) in [6.45, 7) is -0.975. The van der Waals surface area contributed by atoms with Crippen LogP contribution >= 0.6 is 15.9 Å². The first-order valence-electron chi connectivity index (χ1n) is 5.79. The van der Waals surface area contributed by atoms with Crippen molar-refractivity contribution < 1.29 is 13.6 Å². The number of carbonyl (C=O) groups excluding carboxylic acids is 1. The number of likely N-dealkylation sites (tertiary alicyclic amines) is 1. The van der Waals surface area contributed by atoms with Crippen LogP contribution in [0.25, 0.3) is 10.9 Å². The van der Waals surface area contributed by atoms with E-state index in [-0.39, 0.29) is 5.91 Å². The molecule has 1 fully saturated rings. The molecular weight excluding hydrogens is 318 g/mol. The highest BCUT2D eigenvalue weighted by molar-refractivity contribution is 9.10. The van der Waals surface area contributed by atoms with E-state index >= 15 is 0 Å². The Labute approximate surface area is 116 Å². The van der Waals surface area contributed by atoms with Gasteiger partial charge in [0.25, 0.3) is 11.8 Å². The van der Waals surface area contributed by atoms with Crippen LogP contribution in [0.15, 0.2) is 28.9 Å². The minimum atomic E-state index is -2.73. The second-order valence-corrected chi connectivity index (χ2v) is 5.75. The van der Waals surface area contributed by atoms with Gasteiger partial charge in [-0.25, -0.2) is 8.78 Å². The van der Waals surface area contributed by atoms with Crippen LogP contribution in [0.5, 0.6) is 0 Å². The third-order valence-electron chi connectivity index (χ3n) is 3.31. The number of halogens is 3. The summed E-state index contributed by atoms with van der Waals surface area (Å²) >= 11 is 3.37. The summed E-state index contributed by atoms with van der Waals surface area (Å²) in [7, 11) is 1.83. The number of rotatable bonds is 1. The number of hydrogen-bond donors (Lipinski definition) is 0. The van der Waals surface area contributed by atoms with E-state index in [0.29, 0.717) is 5.56 Å². The van der Waals surface area contributed by atoms with Crippen molar-refractivity contribution in [1.29, 1.82) is 0 Å². The Morgan fingerprint density at radius 1 is 1.37 bits per heavy atom. The second kappa shape index (κ2) is 4.03. The normalized spacial score (nSPS) is 17.6. The summed E-state index contributed by atoms with van der Waals surface area (Å²) in [4.78, 5) is 13.4. The molecule has 1 aliphatic heterocycles. The maximum Gasteiger partial charge on any atom is 0.282 e. The van der Waals surface area contributed by atoms with Gasteiger partial charge in [-0.1, -0.05) is 22.0 Å². The maximum atomic E-state index is 12.8. The topological polar surface area (TPSA) is 25.2 Å². The maximum absolute atomic E-state index is 12.8. The van der Waals surface area contributed by atoms with Crippen LogP contribution in [0, 0.1) is 0 Å². The van der Waals surface area contributed by atoms with Crippen molar-refractivity contribution in [3.63, 3.8) is 0 Å². The molecule has 0 N–H and O–H groups in total. The fourth-order valence-corrected chi connectivity index (χ4v) is 2.70. The monoisotopic (exact) mass is 328 g/mol. The molecule has 2 aromatic rings. The summed E-state index contributed by atoms with van der Waals surface area (Å²) in [5.41, 5.74) is 1.37. The van der Waals surface area contributed by atoms with E-state index in [1.807, 2.05) is 29.8 Å². The van der Waals surface area contributed by atoms with Gasteiger partial charge in [-0.3, -0.25) is 4.79 Å². The van der Waals surface area contributed by atoms with E-state index in [1.54, 1.807) is 6.20 Å². The molecule has 1 saturated heterocycles. The molecule has 0 radical (unpaired) electrons. The fraction of sp³-hybridized carbons (Fsp3) is 0.308. The SMILES string of the molecule is Cn1cc(C(=O)N2CC(F)(F)C2)c2ccc(Br)cc21. The third-order valence-corrected chi connectivity index (χ3v) is 3.81. The van der Waals surface area contributed by atoms with Gasteiger partial charge in [0.05, 0.1) is 18.7 Å². The minimum absolute atomic E-state index is 0.334. The smallest absolute Gasteiger partial charge is 0.282 e. The van der Waals surface area contributed by atoms with Crippen LogP contribution in [0.4, 0.5) is 8.78 Å². The number of nitrogens with zero attached hydrogens (tertiary/aromatic N) is 2. The quantitative estimate of drug-likeness (QED) is 0.789. The molecule has 0 saturated carbocycles.